The number of aryl methyl sites for hydroxylation is 1. The molecular weight excluding hydrogens is 302 g/mol. The van der Waals surface area contributed by atoms with Gasteiger partial charge in [0.25, 0.3) is 15.9 Å². The average Bonchev–Trinajstić information content (AvgIpc) is 2.91. The fourth-order valence-corrected chi connectivity index (χ4v) is 3.48. The molecule has 0 atom stereocenters. The summed E-state index contributed by atoms with van der Waals surface area (Å²) in [5, 5.41) is 0. The van der Waals surface area contributed by atoms with E-state index in [2.05, 4.69) is 4.72 Å². The largest absolute Gasteiger partial charge is 0.340 e. The zero-order valence-electron chi connectivity index (χ0n) is 12.4. The molecule has 0 radical (unpaired) electrons. The Morgan fingerprint density at radius 2 is 1.82 bits per heavy atom. The van der Waals surface area contributed by atoms with Crippen molar-refractivity contribution in [2.24, 2.45) is 0 Å². The molecule has 0 spiro atoms. The van der Waals surface area contributed by atoms with Crippen molar-refractivity contribution in [3.05, 3.63) is 47.8 Å². The molecule has 1 amide bonds. The van der Waals surface area contributed by atoms with Gasteiger partial charge in [-0.2, -0.15) is 0 Å². The summed E-state index contributed by atoms with van der Waals surface area (Å²) in [5.41, 5.74) is 1.95. The minimum absolute atomic E-state index is 0.103. The third kappa shape index (κ3) is 2.59. The Morgan fingerprint density at radius 1 is 1.14 bits per heavy atom. The lowest BCUT2D eigenvalue weighted by Gasteiger charge is -2.23. The predicted octanol–water partition coefficient (Wildman–Crippen LogP) is 1.68. The molecule has 1 aliphatic rings. The molecule has 1 N–H and O–H groups in total. The van der Waals surface area contributed by atoms with Crippen LogP contribution < -0.4 is 4.72 Å². The number of benzene rings is 1. The number of nitrogens with zero attached hydrogens (tertiary/aromatic N) is 2. The third-order valence-electron chi connectivity index (χ3n) is 3.73. The molecule has 7 heteroatoms. The van der Waals surface area contributed by atoms with E-state index in [0.717, 1.165) is 5.56 Å². The van der Waals surface area contributed by atoms with Gasteiger partial charge >= 0.3 is 0 Å². The number of sulfonamides is 1. The minimum atomic E-state index is -3.70. The number of anilines is 1. The molecule has 0 fully saturated rings. The Bertz CT molecular complexity index is 822. The van der Waals surface area contributed by atoms with E-state index in [1.165, 1.54) is 12.3 Å². The van der Waals surface area contributed by atoms with Gasteiger partial charge in [0.1, 0.15) is 10.6 Å². The quantitative estimate of drug-likeness (QED) is 0.935. The van der Waals surface area contributed by atoms with E-state index >= 15 is 0 Å². The number of aromatic nitrogens is 1. The molecule has 1 aromatic carbocycles. The second kappa shape index (κ2) is 5.17. The highest BCUT2D eigenvalue weighted by Crippen LogP contribution is 2.21. The molecular formula is C15H17N3O3S. The number of nitrogens with one attached hydrogen (secondary N) is 1. The molecule has 0 aliphatic carbocycles. The third-order valence-corrected chi connectivity index (χ3v) is 5.08. The van der Waals surface area contributed by atoms with Crippen molar-refractivity contribution in [3.63, 3.8) is 0 Å². The standard InChI is InChI=1S/C15H17N3O3S/c1-11-3-5-12(6-4-11)16-22(20,21)13-9-14-15(19)17(2)7-8-18(14)10-13/h3-6,9-10,16H,7-8H2,1-2H3. The lowest BCUT2D eigenvalue weighted by atomic mass is 10.2. The van der Waals surface area contributed by atoms with Crippen molar-refractivity contribution in [1.82, 2.24) is 9.47 Å². The molecule has 1 aromatic heterocycles. The SMILES string of the molecule is Cc1ccc(NS(=O)(=O)c2cc3n(c2)CCN(C)C3=O)cc1. The van der Waals surface area contributed by atoms with Crippen molar-refractivity contribution in [2.75, 3.05) is 18.3 Å². The van der Waals surface area contributed by atoms with E-state index < -0.39 is 10.0 Å². The first-order valence-corrected chi connectivity index (χ1v) is 8.40. The van der Waals surface area contributed by atoms with E-state index in [9.17, 15) is 13.2 Å². The summed E-state index contributed by atoms with van der Waals surface area (Å²) in [6, 6.07) is 8.51. The van der Waals surface area contributed by atoms with E-state index in [-0.39, 0.29) is 10.8 Å². The first-order valence-electron chi connectivity index (χ1n) is 6.92. The van der Waals surface area contributed by atoms with Crippen LogP contribution in [0.4, 0.5) is 5.69 Å². The summed E-state index contributed by atoms with van der Waals surface area (Å²) in [4.78, 5) is 13.7. The monoisotopic (exact) mass is 319 g/mol. The number of fused-ring (bicyclic) bond motifs is 1. The molecule has 0 saturated carbocycles. The van der Waals surface area contributed by atoms with Gasteiger partial charge in [-0.25, -0.2) is 8.42 Å². The zero-order valence-corrected chi connectivity index (χ0v) is 13.2. The van der Waals surface area contributed by atoms with Gasteiger partial charge in [-0.1, -0.05) is 17.7 Å². The van der Waals surface area contributed by atoms with Crippen molar-refractivity contribution < 1.29 is 13.2 Å². The normalized spacial score (nSPS) is 14.8. The smallest absolute Gasteiger partial charge is 0.270 e. The first-order chi connectivity index (χ1) is 10.4. The molecule has 22 heavy (non-hydrogen) atoms. The zero-order chi connectivity index (χ0) is 15.9. The summed E-state index contributed by atoms with van der Waals surface area (Å²) in [5.74, 6) is -0.164. The van der Waals surface area contributed by atoms with Crippen LogP contribution in [-0.4, -0.2) is 37.4 Å². The number of hydrogen-bond donors (Lipinski definition) is 1. The fraction of sp³-hybridized carbons (Fsp3) is 0.267. The van der Waals surface area contributed by atoms with Gasteiger partial charge in [0.15, 0.2) is 0 Å². The summed E-state index contributed by atoms with van der Waals surface area (Å²) >= 11 is 0. The maximum atomic E-state index is 12.4. The lowest BCUT2D eigenvalue weighted by molar-refractivity contribution is 0.0749. The van der Waals surface area contributed by atoms with E-state index in [1.54, 1.807) is 28.6 Å². The van der Waals surface area contributed by atoms with Gasteiger partial charge in [-0.05, 0) is 25.1 Å². The molecule has 2 aromatic rings. The molecule has 0 saturated heterocycles. The average molecular weight is 319 g/mol. The highest BCUT2D eigenvalue weighted by molar-refractivity contribution is 7.92. The van der Waals surface area contributed by atoms with Gasteiger partial charge in [0, 0.05) is 32.0 Å². The summed E-state index contributed by atoms with van der Waals surface area (Å²) in [6.45, 7) is 3.10. The van der Waals surface area contributed by atoms with Crippen LogP contribution in [0.5, 0.6) is 0 Å². The van der Waals surface area contributed by atoms with Crippen molar-refractivity contribution >= 4 is 21.6 Å². The second-order valence-electron chi connectivity index (χ2n) is 5.45. The van der Waals surface area contributed by atoms with Crippen LogP contribution in [-0.2, 0) is 16.6 Å². The van der Waals surface area contributed by atoms with Crippen molar-refractivity contribution in [1.29, 1.82) is 0 Å². The minimum Gasteiger partial charge on any atom is -0.340 e. The lowest BCUT2D eigenvalue weighted by Crippen LogP contribution is -2.36. The molecule has 6 nitrogen and oxygen atoms in total. The Kier molecular flexibility index (Phi) is 3.44. The maximum Gasteiger partial charge on any atom is 0.270 e. The van der Waals surface area contributed by atoms with Crippen molar-refractivity contribution in [3.8, 4) is 0 Å². The van der Waals surface area contributed by atoms with E-state index in [4.69, 9.17) is 0 Å². The summed E-state index contributed by atoms with van der Waals surface area (Å²) in [7, 11) is -2.00. The van der Waals surface area contributed by atoms with E-state index in [0.29, 0.717) is 24.5 Å². The van der Waals surface area contributed by atoms with Gasteiger partial charge < -0.3 is 9.47 Å². The Balaban J connectivity index is 1.92. The van der Waals surface area contributed by atoms with Gasteiger partial charge in [-0.3, -0.25) is 9.52 Å². The highest BCUT2D eigenvalue weighted by atomic mass is 32.2. The predicted molar refractivity (Wildman–Crippen MR) is 83.4 cm³/mol. The van der Waals surface area contributed by atoms with Gasteiger partial charge in [0.05, 0.1) is 0 Å². The molecule has 1 aliphatic heterocycles. The summed E-state index contributed by atoms with van der Waals surface area (Å²) < 4.78 is 29.1. The number of carbonyl (C=O) groups excluding carboxylic acids is 1. The highest BCUT2D eigenvalue weighted by Gasteiger charge is 2.26. The molecule has 3 rings (SSSR count). The Labute approximate surface area is 129 Å². The topological polar surface area (TPSA) is 71.4 Å². The summed E-state index contributed by atoms with van der Waals surface area (Å²) in [6.07, 6.45) is 1.51. The molecule has 2 heterocycles. The number of carbonyl (C=O) groups is 1. The van der Waals surface area contributed by atoms with Crippen LogP contribution in [0.3, 0.4) is 0 Å². The van der Waals surface area contributed by atoms with Crippen LogP contribution in [0, 0.1) is 6.92 Å². The Hall–Kier alpha value is -2.28. The van der Waals surface area contributed by atoms with Crippen molar-refractivity contribution in [2.45, 2.75) is 18.4 Å². The van der Waals surface area contributed by atoms with Crippen LogP contribution in [0.2, 0.25) is 0 Å². The number of amides is 1. The van der Waals surface area contributed by atoms with Crippen LogP contribution in [0.25, 0.3) is 0 Å². The molecule has 116 valence electrons. The number of likely N-dealkylation sites (N-methyl/N-ethyl adjacent to an activating group) is 1. The van der Waals surface area contributed by atoms with Gasteiger partial charge in [-0.15, -0.1) is 0 Å². The number of hydrogen-bond acceptors (Lipinski definition) is 3. The van der Waals surface area contributed by atoms with Crippen LogP contribution in [0.15, 0.2) is 41.4 Å². The Morgan fingerprint density at radius 3 is 2.50 bits per heavy atom. The molecule has 0 unspecified atom stereocenters. The second-order valence-corrected chi connectivity index (χ2v) is 7.14. The first kappa shape index (κ1) is 14.6. The van der Waals surface area contributed by atoms with Crippen LogP contribution in [0.1, 0.15) is 16.1 Å². The van der Waals surface area contributed by atoms with Crippen LogP contribution >= 0.6 is 0 Å². The van der Waals surface area contributed by atoms with Gasteiger partial charge in [0.2, 0.25) is 0 Å². The number of rotatable bonds is 3. The van der Waals surface area contributed by atoms with E-state index in [1.807, 2.05) is 19.1 Å². The fourth-order valence-electron chi connectivity index (χ4n) is 2.39. The maximum absolute atomic E-state index is 12.4. The molecule has 0 bridgehead atoms.